The topological polar surface area (TPSA) is 98.7 Å². The van der Waals surface area contributed by atoms with Gasteiger partial charge in [0.1, 0.15) is 0 Å². The quantitative estimate of drug-likeness (QED) is 0.524. The Bertz CT molecular complexity index is 514. The second kappa shape index (κ2) is 6.97. The van der Waals surface area contributed by atoms with Gasteiger partial charge in [-0.25, -0.2) is 4.57 Å². The SMILES string of the molecule is CCCCc1ccc[n+](CC(P(C)(=O)O)P(=O)(O)O)c1. The van der Waals surface area contributed by atoms with Crippen LogP contribution in [0.2, 0.25) is 0 Å². The van der Waals surface area contributed by atoms with E-state index >= 15 is 0 Å². The first-order valence-corrected chi connectivity index (χ1v) is 10.3. The monoisotopic (exact) mass is 322 g/mol. The number of pyridine rings is 1. The van der Waals surface area contributed by atoms with Crippen LogP contribution >= 0.6 is 15.0 Å². The Kier molecular flexibility index (Phi) is 6.11. The number of aromatic nitrogens is 1. The van der Waals surface area contributed by atoms with Crippen molar-refractivity contribution >= 4 is 15.0 Å². The zero-order valence-corrected chi connectivity index (χ0v) is 13.5. The van der Waals surface area contributed by atoms with E-state index in [1.165, 1.54) is 0 Å². The van der Waals surface area contributed by atoms with E-state index in [0.717, 1.165) is 31.5 Å². The summed E-state index contributed by atoms with van der Waals surface area (Å²) in [7, 11) is -8.52. The fourth-order valence-electron chi connectivity index (χ4n) is 1.94. The van der Waals surface area contributed by atoms with E-state index in [9.17, 15) is 23.8 Å². The molecule has 0 spiro atoms. The molecule has 2 unspecified atom stereocenters. The van der Waals surface area contributed by atoms with E-state index < -0.39 is 20.4 Å². The van der Waals surface area contributed by atoms with Gasteiger partial charge in [0, 0.05) is 18.3 Å². The summed E-state index contributed by atoms with van der Waals surface area (Å²) < 4.78 is 24.6. The highest BCUT2D eigenvalue weighted by Crippen LogP contribution is 2.60. The van der Waals surface area contributed by atoms with E-state index in [1.54, 1.807) is 23.0 Å². The van der Waals surface area contributed by atoms with E-state index in [4.69, 9.17) is 0 Å². The summed E-state index contributed by atoms with van der Waals surface area (Å²) in [5.41, 5.74) is 1.04. The minimum atomic E-state index is -4.63. The summed E-state index contributed by atoms with van der Waals surface area (Å²) in [6.45, 7) is 2.90. The lowest BCUT2D eigenvalue weighted by Gasteiger charge is -2.18. The van der Waals surface area contributed by atoms with Gasteiger partial charge in [0.25, 0.3) is 0 Å². The Morgan fingerprint density at radius 1 is 1.30 bits per heavy atom. The van der Waals surface area contributed by atoms with Gasteiger partial charge in [-0.2, -0.15) is 0 Å². The summed E-state index contributed by atoms with van der Waals surface area (Å²) in [5, 5.41) is -1.57. The molecule has 0 aliphatic rings. The predicted octanol–water partition coefficient (Wildman–Crippen LogP) is 1.72. The van der Waals surface area contributed by atoms with Gasteiger partial charge in [-0.3, -0.25) is 9.13 Å². The number of unbranched alkanes of at least 4 members (excludes halogenated alkanes) is 1. The van der Waals surface area contributed by atoms with Crippen molar-refractivity contribution in [3.05, 3.63) is 30.1 Å². The van der Waals surface area contributed by atoms with E-state index in [-0.39, 0.29) is 6.54 Å². The summed E-state index contributed by atoms with van der Waals surface area (Å²) >= 11 is 0. The van der Waals surface area contributed by atoms with Gasteiger partial charge in [0.15, 0.2) is 24.3 Å². The molecule has 1 aromatic heterocycles. The number of rotatable bonds is 7. The molecule has 0 fully saturated rings. The van der Waals surface area contributed by atoms with Crippen LogP contribution in [0.25, 0.3) is 0 Å². The van der Waals surface area contributed by atoms with Crippen LogP contribution in [0.4, 0.5) is 0 Å². The van der Waals surface area contributed by atoms with Crippen molar-refractivity contribution in [2.75, 3.05) is 6.66 Å². The first kappa shape index (κ1) is 17.5. The maximum Gasteiger partial charge on any atom is 0.344 e. The van der Waals surface area contributed by atoms with E-state index in [0.29, 0.717) is 0 Å². The standard InChI is InChI=1S/C12H21NO5P2/c1-3-4-6-11-7-5-8-13(9-11)10-12(19(2,14)15)20(16,17)18/h5,7-9,12H,3-4,6,10H2,1-2H3,(H2-,14,15,16,17,18)/p+1. The molecule has 0 bridgehead atoms. The van der Waals surface area contributed by atoms with Crippen molar-refractivity contribution in [1.29, 1.82) is 0 Å². The van der Waals surface area contributed by atoms with Crippen LogP contribution in [0.3, 0.4) is 0 Å². The molecule has 0 saturated carbocycles. The molecule has 1 rings (SSSR count). The van der Waals surface area contributed by atoms with Crippen LogP contribution in [0.1, 0.15) is 25.3 Å². The molecule has 8 heteroatoms. The van der Waals surface area contributed by atoms with Crippen LogP contribution in [-0.4, -0.2) is 26.7 Å². The van der Waals surface area contributed by atoms with Gasteiger partial charge in [0.05, 0.1) is 0 Å². The fraction of sp³-hybridized carbons (Fsp3) is 0.583. The molecule has 2 atom stereocenters. The van der Waals surface area contributed by atoms with Gasteiger partial charge >= 0.3 is 7.60 Å². The van der Waals surface area contributed by atoms with Crippen LogP contribution in [0.5, 0.6) is 0 Å². The lowest BCUT2D eigenvalue weighted by molar-refractivity contribution is -0.694. The zero-order chi connectivity index (χ0) is 15.4. The molecule has 0 saturated heterocycles. The second-order valence-electron chi connectivity index (χ2n) is 5.03. The van der Waals surface area contributed by atoms with Gasteiger partial charge in [-0.15, -0.1) is 0 Å². The highest BCUT2D eigenvalue weighted by atomic mass is 31.2. The molecule has 0 amide bonds. The van der Waals surface area contributed by atoms with Gasteiger partial charge in [-0.1, -0.05) is 13.3 Å². The average molecular weight is 322 g/mol. The number of hydrogen-bond donors (Lipinski definition) is 3. The van der Waals surface area contributed by atoms with Crippen molar-refractivity contribution in [2.24, 2.45) is 0 Å². The minimum Gasteiger partial charge on any atom is -0.344 e. The lowest BCUT2D eigenvalue weighted by Crippen LogP contribution is -2.39. The highest BCUT2D eigenvalue weighted by Gasteiger charge is 2.43. The maximum atomic E-state index is 11.7. The molecule has 3 N–H and O–H groups in total. The van der Waals surface area contributed by atoms with Gasteiger partial charge < -0.3 is 14.7 Å². The molecule has 1 aromatic rings. The maximum absolute atomic E-state index is 11.7. The molecule has 20 heavy (non-hydrogen) atoms. The Labute approximate surface area is 119 Å². The zero-order valence-electron chi connectivity index (χ0n) is 11.7. The summed E-state index contributed by atoms with van der Waals surface area (Å²) in [6.07, 6.45) is 6.38. The second-order valence-corrected chi connectivity index (χ2v) is 9.74. The van der Waals surface area contributed by atoms with Crippen molar-refractivity contribution < 1.29 is 28.4 Å². The average Bonchev–Trinajstić information content (AvgIpc) is 2.31. The Morgan fingerprint density at radius 3 is 2.45 bits per heavy atom. The smallest absolute Gasteiger partial charge is 0.344 e. The molecular weight excluding hydrogens is 300 g/mol. The molecular formula is C12H22NO5P2+. The minimum absolute atomic E-state index is 0.172. The molecule has 0 aromatic carbocycles. The normalized spacial score (nSPS) is 16.6. The summed E-state index contributed by atoms with van der Waals surface area (Å²) in [4.78, 5) is 28.0. The van der Waals surface area contributed by atoms with Gasteiger partial charge in [-0.05, 0) is 18.9 Å². The summed E-state index contributed by atoms with van der Waals surface area (Å²) in [5.74, 6) is 0. The van der Waals surface area contributed by atoms with Crippen LogP contribution in [-0.2, 0) is 22.1 Å². The highest BCUT2D eigenvalue weighted by molar-refractivity contribution is 7.73. The van der Waals surface area contributed by atoms with Crippen LogP contribution in [0, 0.1) is 0 Å². The van der Waals surface area contributed by atoms with Crippen LogP contribution in [0.15, 0.2) is 24.5 Å². The summed E-state index contributed by atoms with van der Waals surface area (Å²) in [6, 6.07) is 3.71. The predicted molar refractivity (Wildman–Crippen MR) is 76.8 cm³/mol. The van der Waals surface area contributed by atoms with Crippen molar-refractivity contribution in [3.8, 4) is 0 Å². The third kappa shape index (κ3) is 5.47. The molecule has 6 nitrogen and oxygen atoms in total. The number of hydrogen-bond acceptors (Lipinski definition) is 2. The third-order valence-corrected chi connectivity index (χ3v) is 7.45. The Hall–Kier alpha value is -0.510. The Morgan fingerprint density at radius 2 is 1.95 bits per heavy atom. The van der Waals surface area contributed by atoms with Crippen molar-refractivity contribution in [2.45, 2.75) is 38.1 Å². The fourth-order valence-corrected chi connectivity index (χ4v) is 5.07. The number of aryl methyl sites for hydroxylation is 1. The van der Waals surface area contributed by atoms with Crippen LogP contribution < -0.4 is 4.57 Å². The van der Waals surface area contributed by atoms with Crippen molar-refractivity contribution in [3.63, 3.8) is 0 Å². The molecule has 0 aliphatic heterocycles. The first-order chi connectivity index (χ1) is 9.14. The van der Waals surface area contributed by atoms with E-state index in [2.05, 4.69) is 6.92 Å². The molecule has 0 radical (unpaired) electrons. The molecule has 0 aliphatic carbocycles. The van der Waals surface area contributed by atoms with Gasteiger partial charge in [0.2, 0.25) is 7.37 Å². The van der Waals surface area contributed by atoms with E-state index in [1.807, 2.05) is 6.07 Å². The number of nitrogens with zero attached hydrogens (tertiary/aromatic N) is 1. The largest absolute Gasteiger partial charge is 0.344 e. The van der Waals surface area contributed by atoms with Crippen molar-refractivity contribution in [1.82, 2.24) is 0 Å². The molecule has 114 valence electrons. The molecule has 1 heterocycles. The first-order valence-electron chi connectivity index (χ1n) is 6.47. The third-order valence-electron chi connectivity index (χ3n) is 3.05. The Balaban J connectivity index is 2.95. The lowest BCUT2D eigenvalue weighted by atomic mass is 10.1.